The number of hydrogen-bond acceptors (Lipinski definition) is 2. The molecule has 0 aromatic rings. The fraction of sp³-hybridized carbons (Fsp3) is 1.00. The van der Waals surface area contributed by atoms with Crippen molar-refractivity contribution in [2.45, 2.75) is 66.0 Å². The Hall–Kier alpha value is -0.290. The minimum absolute atomic E-state index is 0.112. The predicted octanol–water partition coefficient (Wildman–Crippen LogP) is 3.73. The van der Waals surface area contributed by atoms with Crippen LogP contribution in [0.5, 0.6) is 0 Å². The van der Waals surface area contributed by atoms with Crippen molar-refractivity contribution in [3.63, 3.8) is 0 Å². The van der Waals surface area contributed by atoms with Crippen molar-refractivity contribution in [1.29, 1.82) is 0 Å². The Morgan fingerprint density at radius 3 is 1.76 bits per heavy atom. The molecule has 0 heterocycles. The standard InChI is InChI=1S/C12H23F3O2/c1-7-10(4,5)9(8(2)3)17-11(6,16)12(13,14)15/h8-9,16H,7H2,1-6H3. The average molecular weight is 256 g/mol. The van der Waals surface area contributed by atoms with Crippen LogP contribution in [0.15, 0.2) is 0 Å². The van der Waals surface area contributed by atoms with E-state index in [1.54, 1.807) is 13.8 Å². The van der Waals surface area contributed by atoms with Crippen LogP contribution in [-0.2, 0) is 4.74 Å². The molecule has 5 heteroatoms. The smallest absolute Gasteiger partial charge is 0.359 e. The summed E-state index contributed by atoms with van der Waals surface area (Å²) in [7, 11) is 0. The number of aliphatic hydroxyl groups is 1. The summed E-state index contributed by atoms with van der Waals surface area (Å²) >= 11 is 0. The Kier molecular flexibility index (Phi) is 5.06. The van der Waals surface area contributed by atoms with Gasteiger partial charge in [0.2, 0.25) is 0 Å². The summed E-state index contributed by atoms with van der Waals surface area (Å²) in [6.45, 7) is 9.78. The lowest BCUT2D eigenvalue weighted by atomic mass is 9.78. The van der Waals surface area contributed by atoms with Crippen LogP contribution >= 0.6 is 0 Å². The Balaban J connectivity index is 5.04. The summed E-state index contributed by atoms with van der Waals surface area (Å²) in [5, 5.41) is 9.38. The lowest BCUT2D eigenvalue weighted by Crippen LogP contribution is -2.51. The van der Waals surface area contributed by atoms with E-state index in [1.807, 2.05) is 20.8 Å². The van der Waals surface area contributed by atoms with Crippen molar-refractivity contribution in [2.24, 2.45) is 11.3 Å². The normalized spacial score (nSPS) is 19.2. The maximum absolute atomic E-state index is 12.6. The largest absolute Gasteiger partial charge is 0.442 e. The van der Waals surface area contributed by atoms with Gasteiger partial charge in [-0.2, -0.15) is 13.2 Å². The molecule has 104 valence electrons. The van der Waals surface area contributed by atoms with Crippen molar-refractivity contribution >= 4 is 0 Å². The number of ether oxygens (including phenoxy) is 1. The molecular formula is C12H23F3O2. The highest BCUT2D eigenvalue weighted by Crippen LogP contribution is 2.39. The van der Waals surface area contributed by atoms with Crippen LogP contribution in [0.4, 0.5) is 13.2 Å². The molecular weight excluding hydrogens is 233 g/mol. The van der Waals surface area contributed by atoms with E-state index in [0.29, 0.717) is 13.3 Å². The molecule has 0 saturated heterocycles. The summed E-state index contributed by atoms with van der Waals surface area (Å²) in [6, 6.07) is 0. The van der Waals surface area contributed by atoms with E-state index in [0.717, 1.165) is 0 Å². The Morgan fingerprint density at radius 2 is 1.53 bits per heavy atom. The number of alkyl halides is 3. The highest BCUT2D eigenvalue weighted by Gasteiger charge is 2.54. The second-order valence-corrected chi connectivity index (χ2v) is 5.61. The Labute approximate surface area is 101 Å². The van der Waals surface area contributed by atoms with Crippen molar-refractivity contribution < 1.29 is 23.0 Å². The zero-order chi connectivity index (χ0) is 14.1. The molecule has 17 heavy (non-hydrogen) atoms. The highest BCUT2D eigenvalue weighted by molar-refractivity contribution is 4.84. The minimum atomic E-state index is -4.79. The zero-order valence-electron chi connectivity index (χ0n) is 11.4. The molecule has 1 N–H and O–H groups in total. The van der Waals surface area contributed by atoms with Gasteiger partial charge in [-0.15, -0.1) is 0 Å². The summed E-state index contributed by atoms with van der Waals surface area (Å²) in [6.07, 6.45) is -4.78. The maximum Gasteiger partial charge on any atom is 0.442 e. The first-order valence-electron chi connectivity index (χ1n) is 5.82. The molecule has 0 aliphatic heterocycles. The van der Waals surface area contributed by atoms with Crippen LogP contribution in [0.1, 0.15) is 48.0 Å². The van der Waals surface area contributed by atoms with Crippen LogP contribution in [0.25, 0.3) is 0 Å². The molecule has 0 rings (SSSR count). The first-order chi connectivity index (χ1) is 7.35. The van der Waals surface area contributed by atoms with E-state index in [4.69, 9.17) is 4.74 Å². The van der Waals surface area contributed by atoms with Crippen molar-refractivity contribution in [3.05, 3.63) is 0 Å². The third-order valence-electron chi connectivity index (χ3n) is 3.17. The summed E-state index contributed by atoms with van der Waals surface area (Å²) in [5.41, 5.74) is -0.427. The van der Waals surface area contributed by atoms with Crippen molar-refractivity contribution in [2.75, 3.05) is 0 Å². The summed E-state index contributed by atoms with van der Waals surface area (Å²) < 4.78 is 42.7. The van der Waals surface area contributed by atoms with Gasteiger partial charge in [0.05, 0.1) is 6.10 Å². The topological polar surface area (TPSA) is 29.5 Å². The van der Waals surface area contributed by atoms with Crippen LogP contribution in [-0.4, -0.2) is 23.2 Å². The number of hydrogen-bond donors (Lipinski definition) is 1. The van der Waals surface area contributed by atoms with Gasteiger partial charge in [-0.25, -0.2) is 0 Å². The third-order valence-corrected chi connectivity index (χ3v) is 3.17. The maximum atomic E-state index is 12.6. The van der Waals surface area contributed by atoms with E-state index in [2.05, 4.69) is 0 Å². The SMILES string of the molecule is CCC(C)(C)C(OC(C)(O)C(F)(F)F)C(C)C. The van der Waals surface area contributed by atoms with E-state index in [-0.39, 0.29) is 5.92 Å². The van der Waals surface area contributed by atoms with Gasteiger partial charge in [-0.1, -0.05) is 34.6 Å². The molecule has 0 saturated carbocycles. The quantitative estimate of drug-likeness (QED) is 0.759. The fourth-order valence-corrected chi connectivity index (χ4v) is 1.71. The van der Waals surface area contributed by atoms with Crippen molar-refractivity contribution in [1.82, 2.24) is 0 Å². The zero-order valence-corrected chi connectivity index (χ0v) is 11.4. The van der Waals surface area contributed by atoms with Gasteiger partial charge >= 0.3 is 6.18 Å². The molecule has 0 fully saturated rings. The monoisotopic (exact) mass is 256 g/mol. The fourth-order valence-electron chi connectivity index (χ4n) is 1.71. The van der Waals surface area contributed by atoms with E-state index >= 15 is 0 Å². The molecule has 0 aliphatic carbocycles. The van der Waals surface area contributed by atoms with Gasteiger partial charge in [-0.05, 0) is 24.7 Å². The van der Waals surface area contributed by atoms with Crippen LogP contribution < -0.4 is 0 Å². The molecule has 2 atom stereocenters. The van der Waals surface area contributed by atoms with Gasteiger partial charge in [0.1, 0.15) is 0 Å². The highest BCUT2D eigenvalue weighted by atomic mass is 19.4. The average Bonchev–Trinajstić information content (AvgIpc) is 2.11. The Bertz CT molecular complexity index is 245. The lowest BCUT2D eigenvalue weighted by molar-refractivity contribution is -0.379. The first kappa shape index (κ1) is 16.7. The molecule has 0 aromatic heterocycles. The minimum Gasteiger partial charge on any atom is -0.359 e. The second kappa shape index (κ2) is 5.14. The lowest BCUT2D eigenvalue weighted by Gasteiger charge is -2.41. The third kappa shape index (κ3) is 4.14. The van der Waals surface area contributed by atoms with Gasteiger partial charge in [0.25, 0.3) is 5.79 Å². The van der Waals surface area contributed by atoms with Gasteiger partial charge < -0.3 is 9.84 Å². The van der Waals surface area contributed by atoms with Crippen molar-refractivity contribution in [3.8, 4) is 0 Å². The van der Waals surface area contributed by atoms with E-state index in [9.17, 15) is 18.3 Å². The molecule has 0 aliphatic rings. The molecule has 0 radical (unpaired) electrons. The molecule has 0 aromatic carbocycles. The predicted molar refractivity (Wildman–Crippen MR) is 60.5 cm³/mol. The molecule has 2 unspecified atom stereocenters. The molecule has 0 spiro atoms. The van der Waals surface area contributed by atoms with Gasteiger partial charge in [0, 0.05) is 0 Å². The van der Waals surface area contributed by atoms with E-state index in [1.165, 1.54) is 0 Å². The first-order valence-corrected chi connectivity index (χ1v) is 5.82. The molecule has 0 amide bonds. The molecule has 0 bridgehead atoms. The Morgan fingerprint density at radius 1 is 1.12 bits per heavy atom. The van der Waals surface area contributed by atoms with Gasteiger partial charge in [-0.3, -0.25) is 0 Å². The number of halogens is 3. The van der Waals surface area contributed by atoms with Crippen LogP contribution in [0, 0.1) is 11.3 Å². The van der Waals surface area contributed by atoms with Gasteiger partial charge in [0.15, 0.2) is 0 Å². The van der Waals surface area contributed by atoms with Crippen LogP contribution in [0.2, 0.25) is 0 Å². The van der Waals surface area contributed by atoms with E-state index < -0.39 is 23.5 Å². The summed E-state index contributed by atoms with van der Waals surface area (Å²) in [5.74, 6) is -3.22. The molecule has 2 nitrogen and oxygen atoms in total. The summed E-state index contributed by atoms with van der Waals surface area (Å²) in [4.78, 5) is 0. The number of rotatable bonds is 5. The second-order valence-electron chi connectivity index (χ2n) is 5.61. The van der Waals surface area contributed by atoms with Crippen LogP contribution in [0.3, 0.4) is 0 Å².